The van der Waals surface area contributed by atoms with E-state index in [1.165, 1.54) is 45.3 Å². The van der Waals surface area contributed by atoms with Gasteiger partial charge in [-0.05, 0) is 64.7 Å². The number of hydrogen-bond acceptors (Lipinski definition) is 8. The van der Waals surface area contributed by atoms with Crippen LogP contribution in [-0.4, -0.2) is 104 Å². The number of carboxylic acid groups (broad SMARTS) is 2. The van der Waals surface area contributed by atoms with Crippen molar-refractivity contribution in [1.29, 1.82) is 0 Å². The lowest BCUT2D eigenvalue weighted by molar-refractivity contribution is -0.165. The van der Waals surface area contributed by atoms with Crippen LogP contribution in [0.25, 0.3) is 0 Å². The number of aliphatic carboxylic acids is 2. The lowest BCUT2D eigenvalue weighted by atomic mass is 9.95. The number of aliphatic hydroxyl groups excluding tert-OH is 2. The highest BCUT2D eigenvalue weighted by atomic mass is 16.4. The van der Waals surface area contributed by atoms with Crippen LogP contribution in [0.1, 0.15) is 71.1 Å². The van der Waals surface area contributed by atoms with E-state index >= 15 is 0 Å². The van der Waals surface area contributed by atoms with E-state index in [9.17, 15) is 19.2 Å². The molecule has 0 aliphatic carbocycles. The summed E-state index contributed by atoms with van der Waals surface area (Å²) in [7, 11) is 0. The topological polar surface area (TPSA) is 168 Å². The summed E-state index contributed by atoms with van der Waals surface area (Å²) < 4.78 is 0. The maximum absolute atomic E-state index is 12.7. The number of unbranched alkanes of at least 4 members (excludes halogenated alkanes) is 2. The first-order valence-corrected chi connectivity index (χ1v) is 12.8. The number of imide groups is 1. The van der Waals surface area contributed by atoms with Crippen molar-refractivity contribution in [3.63, 3.8) is 0 Å². The number of likely N-dealkylation sites (tertiary alicyclic amines) is 2. The second-order valence-electron chi connectivity index (χ2n) is 9.61. The first-order valence-electron chi connectivity index (χ1n) is 12.8. The van der Waals surface area contributed by atoms with Gasteiger partial charge in [0.1, 0.15) is 0 Å². The van der Waals surface area contributed by atoms with E-state index in [1.54, 1.807) is 4.90 Å². The number of aliphatic hydroxyl groups is 2. The van der Waals surface area contributed by atoms with Gasteiger partial charge in [-0.15, -0.1) is 0 Å². The third kappa shape index (κ3) is 8.23. The molecule has 200 valence electrons. The summed E-state index contributed by atoms with van der Waals surface area (Å²) in [5.74, 6) is -3.37. The van der Waals surface area contributed by atoms with Crippen LogP contribution < -0.4 is 5.32 Å². The van der Waals surface area contributed by atoms with Crippen molar-refractivity contribution in [2.75, 3.05) is 26.2 Å². The number of hydrogen-bond donors (Lipinski definition) is 5. The van der Waals surface area contributed by atoms with Crippen LogP contribution in [-0.2, 0) is 19.2 Å². The summed E-state index contributed by atoms with van der Waals surface area (Å²) in [6.07, 6.45) is 6.07. The number of carbonyl (C=O) groups excluding carboxylic acids is 2. The van der Waals surface area contributed by atoms with E-state index in [1.807, 2.05) is 0 Å². The molecule has 2 amide bonds. The van der Waals surface area contributed by atoms with Gasteiger partial charge in [-0.1, -0.05) is 26.2 Å². The molecule has 5 atom stereocenters. The summed E-state index contributed by atoms with van der Waals surface area (Å²) in [6.45, 7) is 6.71. The van der Waals surface area contributed by atoms with E-state index in [2.05, 4.69) is 17.1 Å². The number of carboxylic acids is 2. The van der Waals surface area contributed by atoms with Crippen molar-refractivity contribution in [1.82, 2.24) is 15.1 Å². The van der Waals surface area contributed by atoms with E-state index in [0.29, 0.717) is 6.42 Å². The van der Waals surface area contributed by atoms with Gasteiger partial charge in [0.05, 0.1) is 12.0 Å². The van der Waals surface area contributed by atoms with Crippen molar-refractivity contribution in [3.8, 4) is 0 Å². The van der Waals surface area contributed by atoms with Crippen LogP contribution in [0, 0.1) is 5.92 Å². The number of fused-ring (bicyclic) bond motifs is 1. The van der Waals surface area contributed by atoms with Gasteiger partial charge >= 0.3 is 11.9 Å². The zero-order valence-electron chi connectivity index (χ0n) is 20.6. The molecule has 3 saturated heterocycles. The molecule has 5 unspecified atom stereocenters. The predicted molar refractivity (Wildman–Crippen MR) is 126 cm³/mol. The molecule has 3 rings (SSSR count). The molecule has 11 heteroatoms. The fourth-order valence-corrected chi connectivity index (χ4v) is 5.19. The van der Waals surface area contributed by atoms with Gasteiger partial charge in [-0.25, -0.2) is 9.59 Å². The van der Waals surface area contributed by atoms with Crippen molar-refractivity contribution >= 4 is 23.8 Å². The molecular formula is C24H41N3O8. The Morgan fingerprint density at radius 3 is 2.20 bits per heavy atom. The summed E-state index contributed by atoms with van der Waals surface area (Å²) in [5.41, 5.74) is 0. The van der Waals surface area contributed by atoms with Gasteiger partial charge in [0.2, 0.25) is 11.8 Å². The fourth-order valence-electron chi connectivity index (χ4n) is 5.19. The van der Waals surface area contributed by atoms with Crippen molar-refractivity contribution in [2.24, 2.45) is 5.92 Å². The molecule has 5 N–H and O–H groups in total. The second kappa shape index (κ2) is 14.5. The normalized spacial score (nSPS) is 26.0. The molecule has 3 heterocycles. The van der Waals surface area contributed by atoms with Crippen LogP contribution in [0.5, 0.6) is 0 Å². The van der Waals surface area contributed by atoms with Crippen LogP contribution >= 0.6 is 0 Å². The van der Waals surface area contributed by atoms with Gasteiger partial charge in [-0.3, -0.25) is 14.5 Å². The van der Waals surface area contributed by atoms with Crippen molar-refractivity contribution in [3.05, 3.63) is 0 Å². The van der Waals surface area contributed by atoms with Gasteiger partial charge in [0.25, 0.3) is 0 Å². The van der Waals surface area contributed by atoms with E-state index in [0.717, 1.165) is 38.6 Å². The summed E-state index contributed by atoms with van der Waals surface area (Å²) >= 11 is 0. The van der Waals surface area contributed by atoms with Gasteiger partial charge in [-0.2, -0.15) is 0 Å². The Morgan fingerprint density at radius 2 is 1.63 bits per heavy atom. The largest absolute Gasteiger partial charge is 0.479 e. The Bertz CT molecular complexity index is 710. The maximum Gasteiger partial charge on any atom is 0.335 e. The number of amides is 2. The smallest absolute Gasteiger partial charge is 0.335 e. The second-order valence-corrected chi connectivity index (χ2v) is 9.61. The van der Waals surface area contributed by atoms with Crippen molar-refractivity contribution < 1.29 is 39.6 Å². The highest BCUT2D eigenvalue weighted by Gasteiger charge is 2.51. The molecule has 0 aromatic heterocycles. The molecule has 11 nitrogen and oxygen atoms in total. The Kier molecular flexibility index (Phi) is 12.1. The van der Waals surface area contributed by atoms with E-state index < -0.39 is 24.1 Å². The number of rotatable bonds is 11. The first kappa shape index (κ1) is 29.2. The SMILES string of the molecule is CCCC1C(=O)N(C(=O)CCCCCN2CCCCC2)C2CCNC12.O=C(O)C(O)C(O)C(=O)O. The predicted octanol–water partition coefficient (Wildman–Crippen LogP) is 0.426. The van der Waals surface area contributed by atoms with Crippen LogP contribution in [0.4, 0.5) is 0 Å². The van der Waals surface area contributed by atoms with Crippen LogP contribution in [0.2, 0.25) is 0 Å². The average molecular weight is 500 g/mol. The number of nitrogens with zero attached hydrogens (tertiary/aromatic N) is 2. The summed E-state index contributed by atoms with van der Waals surface area (Å²) in [4.78, 5) is 49.1. The van der Waals surface area contributed by atoms with E-state index in [4.69, 9.17) is 20.4 Å². The molecule has 35 heavy (non-hydrogen) atoms. The van der Waals surface area contributed by atoms with E-state index in [-0.39, 0.29) is 29.8 Å². The maximum atomic E-state index is 12.7. The molecule has 0 saturated carbocycles. The summed E-state index contributed by atoms with van der Waals surface area (Å²) in [5, 5.41) is 36.0. The lowest BCUT2D eigenvalue weighted by Gasteiger charge is -2.26. The van der Waals surface area contributed by atoms with Crippen molar-refractivity contribution in [2.45, 2.75) is 95.4 Å². The van der Waals surface area contributed by atoms with Crippen LogP contribution in [0.3, 0.4) is 0 Å². The average Bonchev–Trinajstić information content (AvgIpc) is 3.40. The first-order chi connectivity index (χ1) is 16.7. The Balaban J connectivity index is 0.000000367. The minimum absolute atomic E-state index is 0.0144. The molecule has 0 aromatic rings. The Hall–Kier alpha value is -2.08. The summed E-state index contributed by atoms with van der Waals surface area (Å²) in [6, 6.07) is 0.320. The van der Waals surface area contributed by atoms with Crippen LogP contribution in [0.15, 0.2) is 0 Å². The molecule has 0 radical (unpaired) electrons. The molecule has 3 aliphatic rings. The molecule has 0 aromatic carbocycles. The minimum Gasteiger partial charge on any atom is -0.479 e. The number of piperidine rings is 1. The third-order valence-electron chi connectivity index (χ3n) is 7.04. The quantitative estimate of drug-likeness (QED) is 0.251. The minimum atomic E-state index is -2.27. The lowest BCUT2D eigenvalue weighted by Crippen LogP contribution is -2.40. The Labute approximate surface area is 206 Å². The molecular weight excluding hydrogens is 458 g/mol. The molecule has 3 aliphatic heterocycles. The number of nitrogens with one attached hydrogen (secondary N) is 1. The van der Waals surface area contributed by atoms with Gasteiger partial charge in [0.15, 0.2) is 12.2 Å². The highest BCUT2D eigenvalue weighted by Crippen LogP contribution is 2.34. The number of carbonyl (C=O) groups is 4. The molecule has 3 fully saturated rings. The van der Waals surface area contributed by atoms with Gasteiger partial charge < -0.3 is 30.6 Å². The van der Waals surface area contributed by atoms with Gasteiger partial charge in [0, 0.05) is 12.5 Å². The zero-order valence-corrected chi connectivity index (χ0v) is 20.6. The Morgan fingerprint density at radius 1 is 1.00 bits per heavy atom. The standard InChI is InChI=1S/C20H35N3O2.C4H6O6/c1-2-9-16-19-17(11-12-21-19)23(20(16)25)18(24)10-5-3-6-13-22-14-7-4-8-15-22;5-1(3(7)8)2(6)4(9)10/h16-17,19,21H,2-15H2,1H3;1-2,5-6H,(H,7,8)(H,9,10). The monoisotopic (exact) mass is 499 g/mol. The molecule has 0 bridgehead atoms. The third-order valence-corrected chi connectivity index (χ3v) is 7.04. The highest BCUT2D eigenvalue weighted by molar-refractivity contribution is 5.99. The molecule has 0 spiro atoms. The fraction of sp³-hybridized carbons (Fsp3) is 0.833. The zero-order chi connectivity index (χ0) is 26.0.